The summed E-state index contributed by atoms with van der Waals surface area (Å²) in [5, 5.41) is 13.0. The van der Waals surface area contributed by atoms with E-state index >= 15 is 0 Å². The van der Waals surface area contributed by atoms with Gasteiger partial charge in [0.15, 0.2) is 0 Å². The number of pyridine rings is 1. The highest BCUT2D eigenvalue weighted by Crippen LogP contribution is 2.14. The maximum atomic E-state index is 12.6. The first-order valence-corrected chi connectivity index (χ1v) is 7.58. The van der Waals surface area contributed by atoms with Gasteiger partial charge >= 0.3 is 6.03 Å². The molecule has 0 aliphatic carbocycles. The molecule has 0 bridgehead atoms. The van der Waals surface area contributed by atoms with Crippen LogP contribution in [-0.4, -0.2) is 33.2 Å². The Hall–Kier alpha value is -2.40. The average molecular weight is 313 g/mol. The van der Waals surface area contributed by atoms with E-state index in [0.717, 1.165) is 11.3 Å². The number of aromatic nitrogens is 1. The molecule has 0 radical (unpaired) electrons. The van der Waals surface area contributed by atoms with Crippen molar-refractivity contribution in [1.82, 2.24) is 9.88 Å². The van der Waals surface area contributed by atoms with Crippen molar-refractivity contribution in [3.05, 3.63) is 59.9 Å². The van der Waals surface area contributed by atoms with Crippen LogP contribution in [0.3, 0.4) is 0 Å². The van der Waals surface area contributed by atoms with E-state index in [9.17, 15) is 9.90 Å². The van der Waals surface area contributed by atoms with Crippen molar-refractivity contribution in [3.8, 4) is 0 Å². The number of nitrogens with zero attached hydrogens (tertiary/aromatic N) is 2. The van der Waals surface area contributed by atoms with Crippen LogP contribution in [0.2, 0.25) is 0 Å². The molecular formula is C18H23N3O2. The molecule has 0 aliphatic rings. The molecular weight excluding hydrogens is 290 g/mol. The number of carbonyl (C=O) groups is 1. The molecule has 0 fully saturated rings. The highest BCUT2D eigenvalue weighted by Gasteiger charge is 2.22. The second-order valence-electron chi connectivity index (χ2n) is 6.27. The van der Waals surface area contributed by atoms with Crippen molar-refractivity contribution in [2.24, 2.45) is 0 Å². The Morgan fingerprint density at radius 2 is 1.96 bits per heavy atom. The molecule has 23 heavy (non-hydrogen) atoms. The molecule has 2 amide bonds. The van der Waals surface area contributed by atoms with Crippen molar-refractivity contribution in [1.29, 1.82) is 0 Å². The third kappa shape index (κ3) is 5.71. The maximum Gasteiger partial charge on any atom is 0.322 e. The summed E-state index contributed by atoms with van der Waals surface area (Å²) in [7, 11) is 0. The van der Waals surface area contributed by atoms with Crippen LogP contribution in [0.25, 0.3) is 0 Å². The molecule has 0 atom stereocenters. The fraction of sp³-hybridized carbons (Fsp3) is 0.333. The Kier molecular flexibility index (Phi) is 5.34. The van der Waals surface area contributed by atoms with Crippen LogP contribution in [0.4, 0.5) is 10.5 Å². The molecule has 0 unspecified atom stereocenters. The van der Waals surface area contributed by atoms with Gasteiger partial charge in [0, 0.05) is 24.1 Å². The second-order valence-corrected chi connectivity index (χ2v) is 6.27. The number of benzene rings is 1. The van der Waals surface area contributed by atoms with Gasteiger partial charge in [-0.15, -0.1) is 0 Å². The van der Waals surface area contributed by atoms with Gasteiger partial charge in [0.1, 0.15) is 0 Å². The summed E-state index contributed by atoms with van der Waals surface area (Å²) >= 11 is 0. The Morgan fingerprint density at radius 1 is 1.26 bits per heavy atom. The Morgan fingerprint density at radius 3 is 2.57 bits per heavy atom. The van der Waals surface area contributed by atoms with Crippen molar-refractivity contribution in [2.45, 2.75) is 32.9 Å². The summed E-state index contributed by atoms with van der Waals surface area (Å²) in [4.78, 5) is 18.3. The minimum absolute atomic E-state index is 0.234. The minimum Gasteiger partial charge on any atom is -0.389 e. The van der Waals surface area contributed by atoms with Crippen LogP contribution in [0, 0.1) is 6.92 Å². The van der Waals surface area contributed by atoms with E-state index in [4.69, 9.17) is 0 Å². The van der Waals surface area contributed by atoms with Crippen molar-refractivity contribution < 1.29 is 9.90 Å². The quantitative estimate of drug-likeness (QED) is 0.891. The Bertz CT molecular complexity index is 651. The zero-order chi connectivity index (χ0) is 16.9. The summed E-state index contributed by atoms with van der Waals surface area (Å²) in [6.45, 7) is 5.91. The predicted molar refractivity (Wildman–Crippen MR) is 91.1 cm³/mol. The molecule has 0 spiro atoms. The SMILES string of the molecule is Cc1cc(NC(=O)N(Cc2ccccc2)CC(C)(C)O)ccn1. The number of aryl methyl sites for hydroxylation is 1. The van der Waals surface area contributed by atoms with Gasteiger partial charge in [-0.3, -0.25) is 4.98 Å². The highest BCUT2D eigenvalue weighted by molar-refractivity contribution is 5.89. The van der Waals surface area contributed by atoms with E-state index in [1.54, 1.807) is 31.0 Å². The average Bonchev–Trinajstić information content (AvgIpc) is 2.46. The number of nitrogens with one attached hydrogen (secondary N) is 1. The molecule has 1 aromatic carbocycles. The largest absolute Gasteiger partial charge is 0.389 e. The van der Waals surface area contributed by atoms with Crippen molar-refractivity contribution in [3.63, 3.8) is 0 Å². The van der Waals surface area contributed by atoms with Gasteiger partial charge in [-0.1, -0.05) is 30.3 Å². The lowest BCUT2D eigenvalue weighted by atomic mass is 10.1. The number of hydrogen-bond acceptors (Lipinski definition) is 3. The van der Waals surface area contributed by atoms with E-state index in [1.165, 1.54) is 0 Å². The number of aliphatic hydroxyl groups is 1. The fourth-order valence-corrected chi connectivity index (χ4v) is 2.30. The third-order valence-electron chi connectivity index (χ3n) is 3.23. The smallest absolute Gasteiger partial charge is 0.322 e. The Labute approximate surface area is 137 Å². The first-order chi connectivity index (χ1) is 10.8. The lowest BCUT2D eigenvalue weighted by Gasteiger charge is -2.29. The van der Waals surface area contributed by atoms with Crippen LogP contribution in [0.1, 0.15) is 25.1 Å². The molecule has 0 aliphatic heterocycles. The topological polar surface area (TPSA) is 65.5 Å². The molecule has 5 heteroatoms. The zero-order valence-electron chi connectivity index (χ0n) is 13.8. The summed E-state index contributed by atoms with van der Waals surface area (Å²) < 4.78 is 0. The molecule has 122 valence electrons. The maximum absolute atomic E-state index is 12.6. The van der Waals surface area contributed by atoms with E-state index in [0.29, 0.717) is 12.2 Å². The van der Waals surface area contributed by atoms with Gasteiger partial charge in [0.25, 0.3) is 0 Å². The first kappa shape index (κ1) is 17.0. The van der Waals surface area contributed by atoms with Gasteiger partial charge in [-0.05, 0) is 38.5 Å². The lowest BCUT2D eigenvalue weighted by molar-refractivity contribution is 0.0469. The predicted octanol–water partition coefficient (Wildman–Crippen LogP) is 3.20. The van der Waals surface area contributed by atoms with Crippen LogP contribution < -0.4 is 5.32 Å². The van der Waals surface area contributed by atoms with Crippen molar-refractivity contribution in [2.75, 3.05) is 11.9 Å². The number of hydrogen-bond donors (Lipinski definition) is 2. The number of rotatable bonds is 5. The van der Waals surface area contributed by atoms with Crippen molar-refractivity contribution >= 4 is 11.7 Å². The molecule has 1 heterocycles. The van der Waals surface area contributed by atoms with Gasteiger partial charge in [-0.25, -0.2) is 4.79 Å². The number of anilines is 1. The van der Waals surface area contributed by atoms with E-state index in [-0.39, 0.29) is 12.6 Å². The number of carbonyl (C=O) groups excluding carboxylic acids is 1. The molecule has 0 saturated heterocycles. The fourth-order valence-electron chi connectivity index (χ4n) is 2.30. The molecule has 2 rings (SSSR count). The van der Waals surface area contributed by atoms with E-state index in [2.05, 4.69) is 10.3 Å². The number of amides is 2. The first-order valence-electron chi connectivity index (χ1n) is 7.58. The normalized spacial score (nSPS) is 11.1. The summed E-state index contributed by atoms with van der Waals surface area (Å²) in [5.41, 5.74) is 1.56. The van der Waals surface area contributed by atoms with Crippen LogP contribution in [-0.2, 0) is 6.54 Å². The summed E-state index contributed by atoms with van der Waals surface area (Å²) in [5.74, 6) is 0. The lowest BCUT2D eigenvalue weighted by Crippen LogP contribution is -2.43. The second kappa shape index (κ2) is 7.24. The minimum atomic E-state index is -0.972. The van der Waals surface area contributed by atoms with Gasteiger partial charge in [-0.2, -0.15) is 0 Å². The monoisotopic (exact) mass is 313 g/mol. The van der Waals surface area contributed by atoms with Crippen LogP contribution in [0.5, 0.6) is 0 Å². The van der Waals surface area contributed by atoms with E-state index in [1.807, 2.05) is 43.3 Å². The molecule has 0 saturated carbocycles. The van der Waals surface area contributed by atoms with Gasteiger partial charge in [0.05, 0.1) is 12.1 Å². The van der Waals surface area contributed by atoms with Gasteiger partial charge < -0.3 is 15.3 Å². The van der Waals surface area contributed by atoms with Crippen LogP contribution >= 0.6 is 0 Å². The highest BCUT2D eigenvalue weighted by atomic mass is 16.3. The standard InChI is InChI=1S/C18H23N3O2/c1-14-11-16(9-10-19-14)20-17(22)21(13-18(2,3)23)12-15-7-5-4-6-8-15/h4-11,23H,12-13H2,1-3H3,(H,19,20,22). The summed E-state index contributed by atoms with van der Waals surface area (Å²) in [6.07, 6.45) is 1.66. The molecule has 2 aromatic rings. The van der Waals surface area contributed by atoms with Gasteiger partial charge in [0.2, 0.25) is 0 Å². The third-order valence-corrected chi connectivity index (χ3v) is 3.23. The Balaban J connectivity index is 2.13. The molecule has 5 nitrogen and oxygen atoms in total. The molecule has 1 aromatic heterocycles. The number of urea groups is 1. The zero-order valence-corrected chi connectivity index (χ0v) is 13.8. The van der Waals surface area contributed by atoms with Crippen LogP contribution in [0.15, 0.2) is 48.7 Å². The molecule has 2 N–H and O–H groups in total. The summed E-state index contributed by atoms with van der Waals surface area (Å²) in [6, 6.07) is 13.0. The van der Waals surface area contributed by atoms with E-state index < -0.39 is 5.60 Å².